The van der Waals surface area contributed by atoms with Gasteiger partial charge in [0.15, 0.2) is 11.6 Å². The molecule has 0 aliphatic carbocycles. The number of nitrogens with zero attached hydrogens (tertiary/aromatic N) is 3. The first-order valence-corrected chi connectivity index (χ1v) is 2.67. The van der Waals surface area contributed by atoms with Crippen molar-refractivity contribution in [3.05, 3.63) is 4.91 Å². The molecule has 0 saturated heterocycles. The topological polar surface area (TPSA) is 133 Å². The van der Waals surface area contributed by atoms with Crippen LogP contribution in [0.15, 0.2) is 5.18 Å². The second-order valence-electron chi connectivity index (χ2n) is 1.80. The third-order valence-electron chi connectivity index (χ3n) is 1.07. The zero-order valence-corrected chi connectivity index (χ0v) is 5.48. The summed E-state index contributed by atoms with van der Waals surface area (Å²) in [5.41, 5.74) is 15.8. The van der Waals surface area contributed by atoms with Gasteiger partial charge in [0.25, 0.3) is 5.95 Å². The predicted octanol–water partition coefficient (Wildman–Crippen LogP) is -0.379. The van der Waals surface area contributed by atoms with Crippen molar-refractivity contribution in [3.63, 3.8) is 0 Å². The second kappa shape index (κ2) is 2.37. The fourth-order valence-corrected chi connectivity index (χ4v) is 0.533. The highest BCUT2D eigenvalue weighted by Gasteiger charge is 2.05. The Hall–Kier alpha value is -1.92. The van der Waals surface area contributed by atoms with E-state index in [1.165, 1.54) is 0 Å². The van der Waals surface area contributed by atoms with Crippen LogP contribution in [0.25, 0.3) is 0 Å². The number of aromatic nitrogens is 2. The predicted molar refractivity (Wildman–Crippen MR) is 40.7 cm³/mol. The molecule has 0 aromatic carbocycles. The highest BCUT2D eigenvalue weighted by atomic mass is 16.3. The van der Waals surface area contributed by atoms with Crippen molar-refractivity contribution in [3.8, 4) is 0 Å². The molecular weight excluding hydrogens is 148 g/mol. The van der Waals surface area contributed by atoms with Crippen LogP contribution in [0.4, 0.5) is 23.3 Å². The minimum Gasteiger partial charge on any atom is -0.393 e. The molecule has 6 N–H and O–H groups in total. The number of nitrogens with two attached hydrogens (primary N) is 3. The van der Waals surface area contributed by atoms with Crippen molar-refractivity contribution < 1.29 is 0 Å². The molecule has 0 spiro atoms. The molecule has 58 valence electrons. The van der Waals surface area contributed by atoms with Gasteiger partial charge in [0.1, 0.15) is 5.69 Å². The first kappa shape index (κ1) is 7.19. The highest BCUT2D eigenvalue weighted by Crippen LogP contribution is 2.20. The van der Waals surface area contributed by atoms with E-state index in [-0.39, 0.29) is 23.3 Å². The van der Waals surface area contributed by atoms with E-state index in [1.807, 2.05) is 0 Å². The van der Waals surface area contributed by atoms with Gasteiger partial charge in [-0.25, -0.2) is 0 Å². The zero-order chi connectivity index (χ0) is 8.43. The van der Waals surface area contributed by atoms with E-state index >= 15 is 0 Å². The molecule has 0 aliphatic heterocycles. The Labute approximate surface area is 61.6 Å². The maximum absolute atomic E-state index is 9.90. The third-order valence-corrected chi connectivity index (χ3v) is 1.07. The van der Waals surface area contributed by atoms with Crippen LogP contribution >= 0.6 is 0 Å². The van der Waals surface area contributed by atoms with Crippen LogP contribution in [0, 0.1) is 4.91 Å². The summed E-state index contributed by atoms with van der Waals surface area (Å²) in [7, 11) is 0. The molecule has 1 aromatic rings. The molecule has 11 heavy (non-hydrogen) atoms. The molecule has 0 saturated carbocycles. The Bertz CT molecular complexity index is 274. The van der Waals surface area contributed by atoms with E-state index in [9.17, 15) is 4.91 Å². The standard InChI is InChI=1S/C4H6N6O/c5-1-2(6)8-4(10-11)9-3(1)7/h5H2,(H4,6,7,8,9). The molecule has 0 bridgehead atoms. The Morgan fingerprint density at radius 1 is 1.09 bits per heavy atom. The summed E-state index contributed by atoms with van der Waals surface area (Å²) in [6.07, 6.45) is 0. The fourth-order valence-electron chi connectivity index (χ4n) is 0.533. The molecule has 0 fully saturated rings. The quantitative estimate of drug-likeness (QED) is 0.472. The van der Waals surface area contributed by atoms with Crippen LogP contribution in [0.2, 0.25) is 0 Å². The van der Waals surface area contributed by atoms with Crippen LogP contribution in [0.1, 0.15) is 0 Å². The molecule has 0 atom stereocenters. The second-order valence-corrected chi connectivity index (χ2v) is 1.80. The fraction of sp³-hybridized carbons (Fsp3) is 0. The van der Waals surface area contributed by atoms with Gasteiger partial charge in [0, 0.05) is 5.18 Å². The van der Waals surface area contributed by atoms with Crippen LogP contribution in [-0.2, 0) is 0 Å². The van der Waals surface area contributed by atoms with Crippen LogP contribution in [-0.4, -0.2) is 9.97 Å². The first-order chi connectivity index (χ1) is 5.15. The Balaban J connectivity index is 3.31. The number of rotatable bonds is 1. The highest BCUT2D eigenvalue weighted by molar-refractivity contribution is 5.71. The van der Waals surface area contributed by atoms with Gasteiger partial charge in [0.2, 0.25) is 0 Å². The minimum atomic E-state index is -0.311. The van der Waals surface area contributed by atoms with Gasteiger partial charge in [-0.2, -0.15) is 9.97 Å². The van der Waals surface area contributed by atoms with Gasteiger partial charge >= 0.3 is 0 Å². The van der Waals surface area contributed by atoms with Crippen molar-refractivity contribution >= 4 is 23.3 Å². The van der Waals surface area contributed by atoms with Gasteiger partial charge in [-0.15, -0.1) is 4.91 Å². The molecule has 0 unspecified atom stereocenters. The van der Waals surface area contributed by atoms with Gasteiger partial charge in [-0.1, -0.05) is 0 Å². The van der Waals surface area contributed by atoms with Gasteiger partial charge in [-0.05, 0) is 0 Å². The lowest BCUT2D eigenvalue weighted by Crippen LogP contribution is -2.04. The minimum absolute atomic E-state index is 0.0351. The van der Waals surface area contributed by atoms with Crippen LogP contribution in [0.5, 0.6) is 0 Å². The molecule has 7 heteroatoms. The molecule has 1 rings (SSSR count). The van der Waals surface area contributed by atoms with Crippen molar-refractivity contribution in [1.29, 1.82) is 0 Å². The Morgan fingerprint density at radius 2 is 1.55 bits per heavy atom. The molecule has 1 heterocycles. The lowest BCUT2D eigenvalue weighted by atomic mass is 10.4. The van der Waals surface area contributed by atoms with Gasteiger partial charge < -0.3 is 17.2 Å². The number of nitrogen functional groups attached to an aromatic ring is 3. The summed E-state index contributed by atoms with van der Waals surface area (Å²) in [6, 6.07) is 0. The van der Waals surface area contributed by atoms with E-state index in [2.05, 4.69) is 15.1 Å². The van der Waals surface area contributed by atoms with Crippen molar-refractivity contribution in [1.82, 2.24) is 9.97 Å². The van der Waals surface area contributed by atoms with Crippen molar-refractivity contribution in [2.24, 2.45) is 5.18 Å². The maximum atomic E-state index is 9.90. The van der Waals surface area contributed by atoms with Gasteiger partial charge in [-0.3, -0.25) is 0 Å². The summed E-state index contributed by atoms with van der Waals surface area (Å²) in [5.74, 6) is -0.381. The van der Waals surface area contributed by atoms with Crippen LogP contribution in [0.3, 0.4) is 0 Å². The summed E-state index contributed by atoms with van der Waals surface area (Å²) in [4.78, 5) is 16.8. The van der Waals surface area contributed by atoms with Crippen LogP contribution < -0.4 is 17.2 Å². The number of hydrogen-bond acceptors (Lipinski definition) is 7. The molecule has 0 radical (unpaired) electrons. The van der Waals surface area contributed by atoms with E-state index in [4.69, 9.17) is 17.2 Å². The maximum Gasteiger partial charge on any atom is 0.295 e. The third kappa shape index (κ3) is 1.16. The number of hydrogen-bond donors (Lipinski definition) is 3. The van der Waals surface area contributed by atoms with Gasteiger partial charge in [0.05, 0.1) is 0 Å². The molecule has 7 nitrogen and oxygen atoms in total. The summed E-state index contributed by atoms with van der Waals surface area (Å²) < 4.78 is 0. The Kier molecular flexibility index (Phi) is 1.55. The number of anilines is 3. The van der Waals surface area contributed by atoms with Crippen molar-refractivity contribution in [2.45, 2.75) is 0 Å². The summed E-state index contributed by atoms with van der Waals surface area (Å²) in [5, 5.41) is 2.45. The first-order valence-electron chi connectivity index (χ1n) is 2.67. The lowest BCUT2D eigenvalue weighted by Gasteiger charge is -2.00. The largest absolute Gasteiger partial charge is 0.393 e. The molecule has 1 aromatic heterocycles. The lowest BCUT2D eigenvalue weighted by molar-refractivity contribution is 1.15. The monoisotopic (exact) mass is 154 g/mol. The molecule has 0 amide bonds. The smallest absolute Gasteiger partial charge is 0.295 e. The summed E-state index contributed by atoms with van der Waals surface area (Å²) in [6.45, 7) is 0. The van der Waals surface area contributed by atoms with E-state index in [0.717, 1.165) is 0 Å². The normalized spacial score (nSPS) is 9.45. The van der Waals surface area contributed by atoms with Crippen molar-refractivity contribution in [2.75, 3.05) is 17.2 Å². The van der Waals surface area contributed by atoms with E-state index in [1.54, 1.807) is 0 Å². The average Bonchev–Trinajstić information content (AvgIpc) is 1.99. The number of nitroso groups, excluding NO2 is 1. The molecular formula is C4H6N6O. The average molecular weight is 154 g/mol. The SMILES string of the molecule is Nc1nc(N=O)nc(N)c1N. The molecule has 0 aliphatic rings. The Morgan fingerprint density at radius 3 is 1.91 bits per heavy atom. The van der Waals surface area contributed by atoms with E-state index < -0.39 is 0 Å². The van der Waals surface area contributed by atoms with E-state index in [0.29, 0.717) is 0 Å². The summed E-state index contributed by atoms with van der Waals surface area (Å²) >= 11 is 0. The zero-order valence-electron chi connectivity index (χ0n) is 5.48.